The average molecular weight is 785 g/mol. The predicted molar refractivity (Wildman–Crippen MR) is 250 cm³/mol. The predicted octanol–water partition coefficient (Wildman–Crippen LogP) is 12.7. The molecular weight excluding hydrogens is 723 g/mol. The van der Waals surface area contributed by atoms with Crippen molar-refractivity contribution in [3.63, 3.8) is 0 Å². The molecule has 5 nitrogen and oxygen atoms in total. The second kappa shape index (κ2) is 12.7. The van der Waals surface area contributed by atoms with E-state index in [1.54, 1.807) is 0 Å². The molecule has 0 spiro atoms. The van der Waals surface area contributed by atoms with E-state index in [1.807, 2.05) is 0 Å². The van der Waals surface area contributed by atoms with Gasteiger partial charge < -0.3 is 23.7 Å². The molecule has 0 saturated heterocycles. The normalized spacial score (nSPS) is 14.9. The molecule has 6 aromatic rings. The lowest BCUT2D eigenvalue weighted by atomic mass is 9.35. The molecule has 0 bridgehead atoms. The Morgan fingerprint density at radius 3 is 1.66 bits per heavy atom. The Morgan fingerprint density at radius 2 is 1.05 bits per heavy atom. The first kappa shape index (κ1) is 39.4. The third kappa shape index (κ3) is 6.02. The van der Waals surface area contributed by atoms with Crippen LogP contribution in [0.15, 0.2) is 71.1 Å². The van der Waals surface area contributed by atoms with E-state index in [0.29, 0.717) is 0 Å². The van der Waals surface area contributed by atoms with E-state index in [2.05, 4.69) is 187 Å². The van der Waals surface area contributed by atoms with E-state index in [9.17, 15) is 0 Å². The van der Waals surface area contributed by atoms with Crippen molar-refractivity contribution in [2.75, 3.05) is 16.6 Å². The van der Waals surface area contributed by atoms with Crippen LogP contribution >= 0.6 is 0 Å². The Bertz CT molecular complexity index is 2720. The van der Waals surface area contributed by atoms with Gasteiger partial charge in [-0.15, -0.1) is 0 Å². The second-order valence-corrected chi connectivity index (χ2v) is 21.7. The van der Waals surface area contributed by atoms with Crippen molar-refractivity contribution < 1.29 is 13.9 Å². The highest BCUT2D eigenvalue weighted by molar-refractivity contribution is 7.00. The first-order chi connectivity index (χ1) is 27.4. The standard InChI is InChI=1S/C53H61BN2O3/c1-29-21-35(52(11,12)13)22-30(2)45(29)56-41-27-36(53(14,15)16)26-40-44(41)54(49-47(56)37-24-33(50(5,6)7)18-20-42(37)59-49)38-25-34(51(8,9)10)17-19-39(38)55(40)46-31(3)23-43-48(32(46)4)58-28-57-43/h17-27H,28H2,1-16H3. The number of furan rings is 1. The number of hydrogen-bond donors (Lipinski definition) is 0. The van der Waals surface area contributed by atoms with Crippen molar-refractivity contribution in [2.24, 2.45) is 0 Å². The van der Waals surface area contributed by atoms with Crippen LogP contribution in [-0.4, -0.2) is 13.5 Å². The lowest BCUT2D eigenvalue weighted by Crippen LogP contribution is -2.61. The molecule has 59 heavy (non-hydrogen) atoms. The topological polar surface area (TPSA) is 38.1 Å². The van der Waals surface area contributed by atoms with Crippen LogP contribution < -0.4 is 35.9 Å². The molecule has 0 atom stereocenters. The van der Waals surface area contributed by atoms with Crippen molar-refractivity contribution >= 4 is 68.4 Å². The number of benzene rings is 5. The maximum absolute atomic E-state index is 7.35. The first-order valence-electron chi connectivity index (χ1n) is 21.5. The maximum Gasteiger partial charge on any atom is 0.297 e. The van der Waals surface area contributed by atoms with Crippen LogP contribution in [0.5, 0.6) is 11.5 Å². The van der Waals surface area contributed by atoms with Crippen molar-refractivity contribution in [3.8, 4) is 11.5 Å². The molecule has 6 heteroatoms. The number of fused-ring (bicyclic) bond motifs is 7. The summed E-state index contributed by atoms with van der Waals surface area (Å²) in [6.45, 7) is 36.8. The van der Waals surface area contributed by atoms with Crippen molar-refractivity contribution in [2.45, 2.75) is 132 Å². The summed E-state index contributed by atoms with van der Waals surface area (Å²) in [5.41, 5.74) is 21.1. The van der Waals surface area contributed by atoms with Crippen LogP contribution in [0.3, 0.4) is 0 Å². The van der Waals surface area contributed by atoms with Gasteiger partial charge in [-0.3, -0.25) is 0 Å². The Morgan fingerprint density at radius 1 is 0.508 bits per heavy atom. The van der Waals surface area contributed by atoms with E-state index in [-0.39, 0.29) is 35.2 Å². The molecule has 0 fully saturated rings. The lowest BCUT2D eigenvalue weighted by Gasteiger charge is -2.45. The summed E-state index contributed by atoms with van der Waals surface area (Å²) in [4.78, 5) is 5.12. The fourth-order valence-electron chi connectivity index (χ4n) is 9.77. The molecule has 3 aliphatic rings. The summed E-state index contributed by atoms with van der Waals surface area (Å²) in [5.74, 6) is 1.63. The minimum Gasteiger partial charge on any atom is -0.468 e. The summed E-state index contributed by atoms with van der Waals surface area (Å²) in [6, 6.07) is 26.0. The third-order valence-electron chi connectivity index (χ3n) is 13.1. The van der Waals surface area contributed by atoms with Crippen LogP contribution in [-0.2, 0) is 21.7 Å². The highest BCUT2D eigenvalue weighted by Gasteiger charge is 2.48. The van der Waals surface area contributed by atoms with Gasteiger partial charge in [-0.2, -0.15) is 0 Å². The molecule has 0 N–H and O–H groups in total. The van der Waals surface area contributed by atoms with Crippen LogP contribution in [0.2, 0.25) is 0 Å². The molecule has 0 aliphatic carbocycles. The third-order valence-corrected chi connectivity index (χ3v) is 13.1. The van der Waals surface area contributed by atoms with Crippen LogP contribution in [0.4, 0.5) is 34.1 Å². The van der Waals surface area contributed by atoms with E-state index in [4.69, 9.17) is 13.9 Å². The summed E-state index contributed by atoms with van der Waals surface area (Å²) < 4.78 is 19.5. The number of aryl methyl sites for hydroxylation is 3. The van der Waals surface area contributed by atoms with Crippen molar-refractivity contribution in [1.82, 2.24) is 0 Å². The van der Waals surface area contributed by atoms with E-state index in [1.165, 1.54) is 61.4 Å². The number of anilines is 6. The van der Waals surface area contributed by atoms with Crippen molar-refractivity contribution in [1.29, 1.82) is 0 Å². The summed E-state index contributed by atoms with van der Waals surface area (Å²) in [6.07, 6.45) is 0. The Hall–Kier alpha value is -5.10. The highest BCUT2D eigenvalue weighted by Crippen LogP contribution is 2.53. The second-order valence-electron chi connectivity index (χ2n) is 21.7. The SMILES string of the molecule is Cc1cc(C(C)(C)C)cc(C)c1N1c2cc(C(C)(C)C)cc3c2B(c2cc(C(C)(C)C)ccc2N3c2c(C)cc3c(c2C)OCO3)c2oc3ccc(C(C)(C)C)cc3c21. The molecule has 5 aromatic carbocycles. The van der Waals surface area contributed by atoms with Gasteiger partial charge in [0.1, 0.15) is 5.58 Å². The minimum absolute atomic E-state index is 0.0107. The number of ether oxygens (including phenoxy) is 2. The molecule has 0 unspecified atom stereocenters. The number of nitrogens with zero attached hydrogens (tertiary/aromatic N) is 2. The molecule has 0 radical (unpaired) electrons. The minimum atomic E-state index is -0.150. The molecule has 9 rings (SSSR count). The number of rotatable bonds is 2. The fourth-order valence-corrected chi connectivity index (χ4v) is 9.77. The zero-order chi connectivity index (χ0) is 42.5. The largest absolute Gasteiger partial charge is 0.468 e. The average Bonchev–Trinajstić information content (AvgIpc) is 3.75. The molecule has 3 aliphatic heterocycles. The Kier molecular flexibility index (Phi) is 8.48. The Labute approximate surface area is 352 Å². The molecule has 0 amide bonds. The molecule has 304 valence electrons. The summed E-state index contributed by atoms with van der Waals surface area (Å²) >= 11 is 0. The maximum atomic E-state index is 7.35. The van der Waals surface area contributed by atoms with Crippen LogP contribution in [0, 0.1) is 27.7 Å². The smallest absolute Gasteiger partial charge is 0.297 e. The van der Waals surface area contributed by atoms with E-state index >= 15 is 0 Å². The fraction of sp³-hybridized carbons (Fsp3) is 0.396. The van der Waals surface area contributed by atoms with Crippen LogP contribution in [0.25, 0.3) is 11.0 Å². The van der Waals surface area contributed by atoms with Gasteiger partial charge in [-0.25, -0.2) is 0 Å². The van der Waals surface area contributed by atoms with Crippen molar-refractivity contribution in [3.05, 3.63) is 111 Å². The number of hydrogen-bond acceptors (Lipinski definition) is 5. The van der Waals surface area contributed by atoms with Gasteiger partial charge >= 0.3 is 0 Å². The van der Waals surface area contributed by atoms with Gasteiger partial charge in [-0.05, 0) is 136 Å². The zero-order valence-electron chi connectivity index (χ0n) is 38.3. The van der Waals surface area contributed by atoms with E-state index in [0.717, 1.165) is 56.3 Å². The summed E-state index contributed by atoms with van der Waals surface area (Å²) in [7, 11) is 0. The Balaban J connectivity index is 1.48. The van der Waals surface area contributed by atoms with Gasteiger partial charge in [0.2, 0.25) is 6.79 Å². The summed E-state index contributed by atoms with van der Waals surface area (Å²) in [5, 5.41) is 1.15. The quantitative estimate of drug-likeness (QED) is 0.163. The molecule has 0 saturated carbocycles. The van der Waals surface area contributed by atoms with Gasteiger partial charge in [-0.1, -0.05) is 113 Å². The van der Waals surface area contributed by atoms with Gasteiger partial charge in [0.05, 0.1) is 22.7 Å². The molecular formula is C53H61BN2O3. The first-order valence-corrected chi connectivity index (χ1v) is 21.5. The molecule has 4 heterocycles. The monoisotopic (exact) mass is 784 g/mol. The highest BCUT2D eigenvalue weighted by atomic mass is 16.7. The molecule has 1 aromatic heterocycles. The van der Waals surface area contributed by atoms with Gasteiger partial charge in [0.15, 0.2) is 11.5 Å². The van der Waals surface area contributed by atoms with Gasteiger partial charge in [0, 0.05) is 28.0 Å². The zero-order valence-corrected chi connectivity index (χ0v) is 38.3. The van der Waals surface area contributed by atoms with E-state index < -0.39 is 0 Å². The lowest BCUT2D eigenvalue weighted by molar-refractivity contribution is 0.173. The van der Waals surface area contributed by atoms with Crippen LogP contribution in [0.1, 0.15) is 128 Å². The van der Waals surface area contributed by atoms with Gasteiger partial charge in [0.25, 0.3) is 6.71 Å².